The van der Waals surface area contributed by atoms with Gasteiger partial charge in [-0.1, -0.05) is 0 Å². The topological polar surface area (TPSA) is 46.1 Å². The number of carbonyl (C=O) groups is 1. The number of amides is 1. The SMILES string of the molecule is O=C(c1cnccn1)N1CC(F)(F)C1. The Hall–Kier alpha value is -1.59. The molecular formula is C8H7F2N3O. The number of likely N-dealkylation sites (tertiary alicyclic amines) is 1. The predicted octanol–water partition coefficient (Wildman–Crippen LogP) is 0.568. The quantitative estimate of drug-likeness (QED) is 0.664. The van der Waals surface area contributed by atoms with Gasteiger partial charge in [0.25, 0.3) is 11.8 Å². The molecule has 0 radical (unpaired) electrons. The first-order valence-electron chi connectivity index (χ1n) is 4.02. The van der Waals surface area contributed by atoms with Gasteiger partial charge in [-0.25, -0.2) is 13.8 Å². The number of hydrogen-bond donors (Lipinski definition) is 0. The molecule has 0 aromatic carbocycles. The van der Waals surface area contributed by atoms with Gasteiger partial charge in [0, 0.05) is 12.4 Å². The van der Waals surface area contributed by atoms with Gasteiger partial charge in [0.15, 0.2) is 0 Å². The molecule has 1 aromatic heterocycles. The third-order valence-electron chi connectivity index (χ3n) is 1.91. The molecule has 4 nitrogen and oxygen atoms in total. The fourth-order valence-corrected chi connectivity index (χ4v) is 1.23. The average molecular weight is 199 g/mol. The molecule has 1 saturated heterocycles. The monoisotopic (exact) mass is 199 g/mol. The van der Waals surface area contributed by atoms with Gasteiger partial charge in [0.2, 0.25) is 0 Å². The molecule has 74 valence electrons. The molecule has 1 amide bonds. The molecule has 2 heterocycles. The normalized spacial score (nSPS) is 18.9. The van der Waals surface area contributed by atoms with Crippen LogP contribution < -0.4 is 0 Å². The lowest BCUT2D eigenvalue weighted by Crippen LogP contribution is -2.58. The summed E-state index contributed by atoms with van der Waals surface area (Å²) in [6.07, 6.45) is 4.03. The van der Waals surface area contributed by atoms with Crippen LogP contribution in [0.5, 0.6) is 0 Å². The van der Waals surface area contributed by atoms with Crippen LogP contribution in [-0.2, 0) is 0 Å². The highest BCUT2D eigenvalue weighted by molar-refractivity contribution is 5.92. The van der Waals surface area contributed by atoms with E-state index in [0.717, 1.165) is 4.90 Å². The maximum Gasteiger partial charge on any atom is 0.282 e. The molecule has 0 N–H and O–H groups in total. The number of carbonyl (C=O) groups excluding carboxylic acids is 1. The number of rotatable bonds is 1. The van der Waals surface area contributed by atoms with Crippen LogP contribution in [0.15, 0.2) is 18.6 Å². The van der Waals surface area contributed by atoms with Crippen molar-refractivity contribution < 1.29 is 13.6 Å². The molecule has 14 heavy (non-hydrogen) atoms. The Bertz CT molecular complexity index is 347. The molecule has 1 aliphatic rings. The highest BCUT2D eigenvalue weighted by Gasteiger charge is 2.46. The van der Waals surface area contributed by atoms with Crippen molar-refractivity contribution in [3.63, 3.8) is 0 Å². The van der Waals surface area contributed by atoms with Gasteiger partial charge in [-0.3, -0.25) is 9.78 Å². The Morgan fingerprint density at radius 1 is 1.43 bits per heavy atom. The summed E-state index contributed by atoms with van der Waals surface area (Å²) in [7, 11) is 0. The summed E-state index contributed by atoms with van der Waals surface area (Å²) in [4.78, 5) is 19.9. The van der Waals surface area contributed by atoms with Crippen molar-refractivity contribution in [1.82, 2.24) is 14.9 Å². The highest BCUT2D eigenvalue weighted by atomic mass is 19.3. The third-order valence-corrected chi connectivity index (χ3v) is 1.91. The van der Waals surface area contributed by atoms with Crippen LogP contribution >= 0.6 is 0 Å². The molecule has 0 unspecified atom stereocenters. The summed E-state index contributed by atoms with van der Waals surface area (Å²) in [5, 5.41) is 0. The molecular weight excluding hydrogens is 192 g/mol. The van der Waals surface area contributed by atoms with Crippen LogP contribution in [-0.4, -0.2) is 39.8 Å². The van der Waals surface area contributed by atoms with Crippen LogP contribution in [0.25, 0.3) is 0 Å². The summed E-state index contributed by atoms with van der Waals surface area (Å²) in [5.74, 6) is -3.23. The minimum absolute atomic E-state index is 0.100. The highest BCUT2D eigenvalue weighted by Crippen LogP contribution is 2.27. The molecule has 6 heteroatoms. The summed E-state index contributed by atoms with van der Waals surface area (Å²) < 4.78 is 24.9. The fourth-order valence-electron chi connectivity index (χ4n) is 1.23. The molecule has 0 aliphatic carbocycles. The van der Waals surface area contributed by atoms with E-state index in [1.54, 1.807) is 0 Å². The van der Waals surface area contributed by atoms with E-state index in [4.69, 9.17) is 0 Å². The van der Waals surface area contributed by atoms with Gasteiger partial charge < -0.3 is 4.90 Å². The van der Waals surface area contributed by atoms with Crippen molar-refractivity contribution in [3.8, 4) is 0 Å². The van der Waals surface area contributed by atoms with Crippen molar-refractivity contribution in [2.45, 2.75) is 5.92 Å². The van der Waals surface area contributed by atoms with Crippen molar-refractivity contribution in [3.05, 3.63) is 24.3 Å². The van der Waals surface area contributed by atoms with E-state index >= 15 is 0 Å². The lowest BCUT2D eigenvalue weighted by molar-refractivity contribution is -0.113. The van der Waals surface area contributed by atoms with Gasteiger partial charge in [0.1, 0.15) is 5.69 Å². The molecule has 2 rings (SSSR count). The Balaban J connectivity index is 2.05. The van der Waals surface area contributed by atoms with Crippen LogP contribution in [0, 0.1) is 0 Å². The maximum atomic E-state index is 12.4. The van der Waals surface area contributed by atoms with Gasteiger partial charge in [0.05, 0.1) is 19.3 Å². The third kappa shape index (κ3) is 1.55. The second kappa shape index (κ2) is 2.97. The standard InChI is InChI=1S/C8H7F2N3O/c9-8(10)4-13(5-8)7(14)6-3-11-1-2-12-6/h1-3H,4-5H2. The summed E-state index contributed by atoms with van der Waals surface area (Å²) in [6.45, 7) is -1.05. The van der Waals surface area contributed by atoms with E-state index in [9.17, 15) is 13.6 Å². The average Bonchev–Trinajstić information content (AvgIpc) is 2.14. The van der Waals surface area contributed by atoms with Crippen LogP contribution in [0.2, 0.25) is 0 Å². The molecule has 1 fully saturated rings. The molecule has 1 aromatic rings. The van der Waals surface area contributed by atoms with E-state index in [1.807, 2.05) is 0 Å². The van der Waals surface area contributed by atoms with E-state index in [2.05, 4.69) is 9.97 Å². The lowest BCUT2D eigenvalue weighted by atomic mass is 10.1. The molecule has 0 spiro atoms. The van der Waals surface area contributed by atoms with Crippen molar-refractivity contribution >= 4 is 5.91 Å². The van der Waals surface area contributed by atoms with E-state index in [0.29, 0.717) is 0 Å². The van der Waals surface area contributed by atoms with Gasteiger partial charge in [-0.05, 0) is 0 Å². The van der Waals surface area contributed by atoms with Crippen molar-refractivity contribution in [1.29, 1.82) is 0 Å². The van der Waals surface area contributed by atoms with Crippen LogP contribution in [0.3, 0.4) is 0 Å². The first-order chi connectivity index (χ1) is 6.58. The first kappa shape index (κ1) is 8.98. The van der Waals surface area contributed by atoms with Gasteiger partial charge in [-0.15, -0.1) is 0 Å². The number of nitrogens with zero attached hydrogens (tertiary/aromatic N) is 3. The second-order valence-electron chi connectivity index (χ2n) is 3.11. The zero-order valence-electron chi connectivity index (χ0n) is 7.15. The zero-order valence-corrected chi connectivity index (χ0v) is 7.15. The Labute approximate surface area is 78.6 Å². The minimum atomic E-state index is -2.74. The Morgan fingerprint density at radius 2 is 2.14 bits per heavy atom. The number of hydrogen-bond acceptors (Lipinski definition) is 3. The maximum absolute atomic E-state index is 12.4. The van der Waals surface area contributed by atoms with Gasteiger partial charge >= 0.3 is 0 Å². The largest absolute Gasteiger partial charge is 0.325 e. The lowest BCUT2D eigenvalue weighted by Gasteiger charge is -2.38. The number of alkyl halides is 2. The van der Waals surface area contributed by atoms with Crippen LogP contribution in [0.4, 0.5) is 8.78 Å². The summed E-state index contributed by atoms with van der Waals surface area (Å²) >= 11 is 0. The predicted molar refractivity (Wildman–Crippen MR) is 42.9 cm³/mol. The smallest absolute Gasteiger partial charge is 0.282 e. The van der Waals surface area contributed by atoms with Gasteiger partial charge in [-0.2, -0.15) is 0 Å². The molecule has 0 saturated carbocycles. The molecule has 0 atom stereocenters. The van der Waals surface area contributed by atoms with E-state index < -0.39 is 24.9 Å². The Kier molecular flexibility index (Phi) is 1.90. The van der Waals surface area contributed by atoms with E-state index in [-0.39, 0.29) is 5.69 Å². The second-order valence-corrected chi connectivity index (χ2v) is 3.11. The molecule has 0 bridgehead atoms. The van der Waals surface area contributed by atoms with Crippen molar-refractivity contribution in [2.75, 3.05) is 13.1 Å². The van der Waals surface area contributed by atoms with Crippen molar-refractivity contribution in [2.24, 2.45) is 0 Å². The number of halogens is 2. The summed E-state index contributed by atoms with van der Waals surface area (Å²) in [5.41, 5.74) is 0.100. The van der Waals surface area contributed by atoms with Crippen LogP contribution in [0.1, 0.15) is 10.5 Å². The summed E-state index contributed by atoms with van der Waals surface area (Å²) in [6, 6.07) is 0. The minimum Gasteiger partial charge on any atom is -0.325 e. The van der Waals surface area contributed by atoms with E-state index in [1.165, 1.54) is 18.6 Å². The number of aromatic nitrogens is 2. The first-order valence-corrected chi connectivity index (χ1v) is 4.02. The fraction of sp³-hybridized carbons (Fsp3) is 0.375. The molecule has 1 aliphatic heterocycles. The Morgan fingerprint density at radius 3 is 2.64 bits per heavy atom. The zero-order chi connectivity index (χ0) is 10.2.